The lowest BCUT2D eigenvalue weighted by Crippen LogP contribution is -2.28. The Hall–Kier alpha value is -2.07. The summed E-state index contributed by atoms with van der Waals surface area (Å²) in [7, 11) is 0. The van der Waals surface area contributed by atoms with Crippen LogP contribution in [0.1, 0.15) is 25.4 Å². The Bertz CT molecular complexity index is 700. The van der Waals surface area contributed by atoms with Crippen LogP contribution in [0.4, 0.5) is 0 Å². The molecule has 0 aliphatic carbocycles. The minimum Gasteiger partial charge on any atom is -0.469 e. The van der Waals surface area contributed by atoms with Gasteiger partial charge in [0.25, 0.3) is 0 Å². The summed E-state index contributed by atoms with van der Waals surface area (Å²) in [4.78, 5) is 4.73. The highest BCUT2D eigenvalue weighted by Gasteiger charge is 2.11. The van der Waals surface area contributed by atoms with Gasteiger partial charge in [-0.05, 0) is 38.1 Å². The third-order valence-corrected chi connectivity index (χ3v) is 3.75. The second-order valence-electron chi connectivity index (χ2n) is 5.33. The molecule has 21 heavy (non-hydrogen) atoms. The van der Waals surface area contributed by atoms with Crippen molar-refractivity contribution in [1.82, 2.24) is 14.9 Å². The van der Waals surface area contributed by atoms with Gasteiger partial charge in [0.1, 0.15) is 11.6 Å². The molecule has 4 nitrogen and oxygen atoms in total. The number of benzene rings is 1. The van der Waals surface area contributed by atoms with Gasteiger partial charge in [-0.2, -0.15) is 0 Å². The van der Waals surface area contributed by atoms with E-state index >= 15 is 0 Å². The summed E-state index contributed by atoms with van der Waals surface area (Å²) < 4.78 is 7.65. The average molecular weight is 283 g/mol. The first-order valence-electron chi connectivity index (χ1n) is 7.48. The van der Waals surface area contributed by atoms with E-state index in [4.69, 9.17) is 9.40 Å². The van der Waals surface area contributed by atoms with Crippen molar-refractivity contribution in [2.45, 2.75) is 39.4 Å². The number of hydrogen-bond donors (Lipinski definition) is 1. The van der Waals surface area contributed by atoms with Crippen LogP contribution in [0.15, 0.2) is 47.1 Å². The highest BCUT2D eigenvalue weighted by atomic mass is 16.3. The van der Waals surface area contributed by atoms with Crippen LogP contribution in [0, 0.1) is 0 Å². The summed E-state index contributed by atoms with van der Waals surface area (Å²) in [6.45, 7) is 6.03. The molecule has 0 amide bonds. The van der Waals surface area contributed by atoms with E-state index in [0.29, 0.717) is 6.04 Å². The first-order chi connectivity index (χ1) is 10.3. The van der Waals surface area contributed by atoms with Crippen LogP contribution >= 0.6 is 0 Å². The van der Waals surface area contributed by atoms with Gasteiger partial charge in [-0.15, -0.1) is 0 Å². The van der Waals surface area contributed by atoms with Gasteiger partial charge in [-0.25, -0.2) is 4.98 Å². The van der Waals surface area contributed by atoms with Gasteiger partial charge in [0.05, 0.1) is 23.8 Å². The molecule has 2 aromatic heterocycles. The molecule has 0 unspecified atom stereocenters. The van der Waals surface area contributed by atoms with Gasteiger partial charge in [0.2, 0.25) is 0 Å². The number of nitrogens with zero attached hydrogens (tertiary/aromatic N) is 2. The topological polar surface area (TPSA) is 43.0 Å². The highest BCUT2D eigenvalue weighted by Crippen LogP contribution is 2.16. The van der Waals surface area contributed by atoms with Gasteiger partial charge >= 0.3 is 0 Å². The largest absolute Gasteiger partial charge is 0.469 e. The van der Waals surface area contributed by atoms with Crippen LogP contribution in [-0.4, -0.2) is 15.6 Å². The molecule has 0 aliphatic heterocycles. The summed E-state index contributed by atoms with van der Waals surface area (Å²) in [6, 6.07) is 12.6. The second kappa shape index (κ2) is 6.14. The molecule has 1 aromatic carbocycles. The number of furan rings is 1. The number of para-hydroxylation sites is 2. The summed E-state index contributed by atoms with van der Waals surface area (Å²) in [5.41, 5.74) is 2.27. The molecular weight excluding hydrogens is 262 g/mol. The Morgan fingerprint density at radius 1 is 1.24 bits per heavy atom. The van der Waals surface area contributed by atoms with Gasteiger partial charge in [-0.1, -0.05) is 12.1 Å². The molecule has 110 valence electrons. The van der Waals surface area contributed by atoms with Crippen LogP contribution < -0.4 is 5.32 Å². The molecule has 0 aliphatic rings. The Morgan fingerprint density at radius 2 is 2.10 bits per heavy atom. The standard InChI is InChI=1S/C17H21N3O/c1-3-20-16-9-5-4-8-15(16)19-17(20)12-18-13(2)11-14-7-6-10-21-14/h4-10,13,18H,3,11-12H2,1-2H3/t13-/m0/s1. The first-order valence-corrected chi connectivity index (χ1v) is 7.48. The zero-order valence-electron chi connectivity index (χ0n) is 12.5. The van der Waals surface area contributed by atoms with E-state index in [1.165, 1.54) is 5.52 Å². The van der Waals surface area contributed by atoms with E-state index in [2.05, 4.69) is 41.9 Å². The lowest BCUT2D eigenvalue weighted by atomic mass is 10.2. The van der Waals surface area contributed by atoms with Gasteiger partial charge in [0.15, 0.2) is 0 Å². The maximum Gasteiger partial charge on any atom is 0.123 e. The molecular formula is C17H21N3O. The summed E-state index contributed by atoms with van der Waals surface area (Å²) in [5, 5.41) is 3.53. The molecule has 1 atom stereocenters. The van der Waals surface area contributed by atoms with Crippen molar-refractivity contribution in [2.75, 3.05) is 0 Å². The number of fused-ring (bicyclic) bond motifs is 1. The summed E-state index contributed by atoms with van der Waals surface area (Å²) in [6.07, 6.45) is 2.61. The van der Waals surface area contributed by atoms with Crippen molar-refractivity contribution in [3.63, 3.8) is 0 Å². The number of aryl methyl sites for hydroxylation is 1. The molecule has 4 heteroatoms. The quantitative estimate of drug-likeness (QED) is 0.754. The molecule has 3 aromatic rings. The normalized spacial score (nSPS) is 12.9. The van der Waals surface area contributed by atoms with Crippen LogP contribution in [0.3, 0.4) is 0 Å². The molecule has 0 spiro atoms. The summed E-state index contributed by atoms with van der Waals surface area (Å²) >= 11 is 0. The second-order valence-corrected chi connectivity index (χ2v) is 5.33. The fraction of sp³-hybridized carbons (Fsp3) is 0.353. The predicted molar refractivity (Wildman–Crippen MR) is 84.1 cm³/mol. The molecule has 0 saturated heterocycles. The fourth-order valence-electron chi connectivity index (χ4n) is 2.68. The van der Waals surface area contributed by atoms with Gasteiger partial charge in [-0.3, -0.25) is 0 Å². The van der Waals surface area contributed by atoms with Crippen LogP contribution in [-0.2, 0) is 19.5 Å². The van der Waals surface area contributed by atoms with E-state index in [9.17, 15) is 0 Å². The van der Waals surface area contributed by atoms with E-state index in [1.54, 1.807) is 6.26 Å². The zero-order chi connectivity index (χ0) is 14.7. The Balaban J connectivity index is 1.70. The SMILES string of the molecule is CCn1c(CN[C@@H](C)Cc2ccco2)nc2ccccc21. The number of imidazole rings is 1. The number of nitrogens with one attached hydrogen (secondary N) is 1. The van der Waals surface area contributed by atoms with Crippen molar-refractivity contribution in [3.05, 3.63) is 54.2 Å². The summed E-state index contributed by atoms with van der Waals surface area (Å²) in [5.74, 6) is 2.10. The molecule has 0 saturated carbocycles. The molecule has 2 heterocycles. The van der Waals surface area contributed by atoms with E-state index < -0.39 is 0 Å². The first kappa shape index (κ1) is 13.9. The Kier molecular flexibility index (Phi) is 4.06. The van der Waals surface area contributed by atoms with Crippen LogP contribution in [0.25, 0.3) is 11.0 Å². The maximum absolute atomic E-state index is 5.39. The molecule has 0 radical (unpaired) electrons. The van der Waals surface area contributed by atoms with E-state index in [-0.39, 0.29) is 0 Å². The molecule has 0 bridgehead atoms. The van der Waals surface area contributed by atoms with Crippen molar-refractivity contribution in [2.24, 2.45) is 0 Å². The van der Waals surface area contributed by atoms with Crippen molar-refractivity contribution >= 4 is 11.0 Å². The zero-order valence-corrected chi connectivity index (χ0v) is 12.5. The van der Waals surface area contributed by atoms with Gasteiger partial charge < -0.3 is 14.3 Å². The Morgan fingerprint density at radius 3 is 2.86 bits per heavy atom. The van der Waals surface area contributed by atoms with E-state index in [0.717, 1.165) is 36.6 Å². The number of rotatable bonds is 6. The average Bonchev–Trinajstić information content (AvgIpc) is 3.11. The van der Waals surface area contributed by atoms with E-state index in [1.807, 2.05) is 18.2 Å². The van der Waals surface area contributed by atoms with Crippen molar-refractivity contribution in [1.29, 1.82) is 0 Å². The monoisotopic (exact) mass is 283 g/mol. The Labute approximate surface area is 124 Å². The minimum absolute atomic E-state index is 0.348. The minimum atomic E-state index is 0.348. The van der Waals surface area contributed by atoms with Crippen LogP contribution in [0.2, 0.25) is 0 Å². The molecule has 3 rings (SSSR count). The smallest absolute Gasteiger partial charge is 0.123 e. The third kappa shape index (κ3) is 3.00. The van der Waals surface area contributed by atoms with Crippen molar-refractivity contribution in [3.8, 4) is 0 Å². The van der Waals surface area contributed by atoms with Crippen molar-refractivity contribution < 1.29 is 4.42 Å². The highest BCUT2D eigenvalue weighted by molar-refractivity contribution is 5.75. The molecule has 0 fully saturated rings. The fourth-order valence-corrected chi connectivity index (χ4v) is 2.68. The maximum atomic E-state index is 5.39. The van der Waals surface area contributed by atoms with Crippen LogP contribution in [0.5, 0.6) is 0 Å². The lowest BCUT2D eigenvalue weighted by Gasteiger charge is -2.13. The number of hydrogen-bond acceptors (Lipinski definition) is 3. The lowest BCUT2D eigenvalue weighted by molar-refractivity contribution is 0.450. The number of aromatic nitrogens is 2. The molecule has 1 N–H and O–H groups in total. The third-order valence-electron chi connectivity index (χ3n) is 3.75. The van der Waals surface area contributed by atoms with Gasteiger partial charge in [0, 0.05) is 19.0 Å². The predicted octanol–water partition coefficient (Wildman–Crippen LogP) is 3.37.